The van der Waals surface area contributed by atoms with Crippen molar-refractivity contribution in [3.05, 3.63) is 56.2 Å². The van der Waals surface area contributed by atoms with Gasteiger partial charge in [-0.3, -0.25) is 9.59 Å². The minimum Gasteiger partial charge on any atom is -0.365 e. The predicted molar refractivity (Wildman–Crippen MR) is 99.5 cm³/mol. The first-order chi connectivity index (χ1) is 14.2. The Hall–Kier alpha value is -3.68. The fourth-order valence-corrected chi connectivity index (χ4v) is 3.33. The van der Waals surface area contributed by atoms with Gasteiger partial charge in [0.2, 0.25) is 5.82 Å². The van der Waals surface area contributed by atoms with Crippen molar-refractivity contribution in [1.82, 2.24) is 10.1 Å². The van der Waals surface area contributed by atoms with Gasteiger partial charge >= 0.3 is 12.1 Å². The fourth-order valence-electron chi connectivity index (χ4n) is 3.33. The minimum absolute atomic E-state index is 0.150. The maximum absolute atomic E-state index is 12.6. The largest absolute Gasteiger partial charge is 0.471 e. The molecule has 2 aromatic carbocycles. The van der Waals surface area contributed by atoms with Crippen LogP contribution in [0.1, 0.15) is 11.5 Å². The predicted octanol–water partition coefficient (Wildman–Crippen LogP) is 1.95. The molecule has 154 valence electrons. The van der Waals surface area contributed by atoms with Crippen LogP contribution in [0.5, 0.6) is 0 Å². The summed E-state index contributed by atoms with van der Waals surface area (Å²) in [6.45, 7) is 1.14. The number of nitrogens with zero attached hydrogens (tertiary/aromatic N) is 5. The molecule has 1 aliphatic heterocycles. The van der Waals surface area contributed by atoms with Gasteiger partial charge < -0.3 is 14.3 Å². The van der Waals surface area contributed by atoms with E-state index in [2.05, 4.69) is 20.7 Å². The molecule has 1 aromatic heterocycles. The van der Waals surface area contributed by atoms with Gasteiger partial charge in [-0.15, -0.1) is 0 Å². The molecule has 0 bridgehead atoms. The second-order valence-electron chi connectivity index (χ2n) is 7.06. The number of hydrogen-bond acceptors (Lipinski definition) is 8. The maximum Gasteiger partial charge on any atom is 0.471 e. The van der Waals surface area contributed by atoms with Crippen molar-refractivity contribution in [2.24, 2.45) is 5.92 Å². The van der Waals surface area contributed by atoms with Crippen molar-refractivity contribution in [3.8, 4) is 17.5 Å². The molecule has 8 nitrogen and oxygen atoms in total. The number of nitriles is 1. The molecule has 0 N–H and O–H groups in total. The molecule has 1 saturated heterocycles. The number of alkyl halides is 3. The minimum atomic E-state index is -4.71. The quantitative estimate of drug-likeness (QED) is 0.581. The summed E-state index contributed by atoms with van der Waals surface area (Å²) in [5, 5.41) is 12.2. The Morgan fingerprint density at radius 2 is 1.90 bits per heavy atom. The molecule has 0 unspecified atom stereocenters. The Labute approximate surface area is 167 Å². The van der Waals surface area contributed by atoms with Gasteiger partial charge in [0.15, 0.2) is 0 Å². The van der Waals surface area contributed by atoms with Crippen LogP contribution < -0.4 is 20.7 Å². The van der Waals surface area contributed by atoms with Crippen LogP contribution in [-0.2, 0) is 12.7 Å². The van der Waals surface area contributed by atoms with E-state index in [1.807, 2.05) is 0 Å². The molecule has 3 aromatic rings. The van der Waals surface area contributed by atoms with Crippen molar-refractivity contribution in [3.63, 3.8) is 0 Å². The second kappa shape index (κ2) is 6.98. The standard InChI is InChI=1S/C19H14F3N5O3/c1-26(13-14(16(29)15(13)28)27-8-11(6-23)9-27)7-10-2-4-12(5-3-10)17-24-18(30-25-17)19(20,21)22/h2-5,11H,7-9H2,1H3. The lowest BCUT2D eigenvalue weighted by molar-refractivity contribution is -0.159. The lowest BCUT2D eigenvalue weighted by Crippen LogP contribution is -2.53. The summed E-state index contributed by atoms with van der Waals surface area (Å²) in [7, 11) is 1.67. The van der Waals surface area contributed by atoms with E-state index in [0.717, 1.165) is 5.56 Å². The third-order valence-electron chi connectivity index (χ3n) is 4.92. The van der Waals surface area contributed by atoms with E-state index < -0.39 is 22.9 Å². The van der Waals surface area contributed by atoms with Gasteiger partial charge in [-0.2, -0.15) is 23.4 Å². The number of rotatable bonds is 5. The van der Waals surface area contributed by atoms with Crippen molar-refractivity contribution in [1.29, 1.82) is 5.26 Å². The van der Waals surface area contributed by atoms with Gasteiger partial charge in [-0.25, -0.2) is 0 Å². The summed E-state index contributed by atoms with van der Waals surface area (Å²) in [4.78, 5) is 30.7. The molecule has 30 heavy (non-hydrogen) atoms. The van der Waals surface area contributed by atoms with E-state index in [1.165, 1.54) is 0 Å². The highest BCUT2D eigenvalue weighted by molar-refractivity contribution is 5.77. The van der Waals surface area contributed by atoms with E-state index in [4.69, 9.17) is 5.26 Å². The molecular weight excluding hydrogens is 403 g/mol. The zero-order valence-corrected chi connectivity index (χ0v) is 15.6. The normalized spacial score (nSPS) is 14.6. The Bertz CT molecular complexity index is 1200. The van der Waals surface area contributed by atoms with E-state index in [-0.39, 0.29) is 11.7 Å². The average Bonchev–Trinajstić information content (AvgIpc) is 3.17. The lowest BCUT2D eigenvalue weighted by Gasteiger charge is -2.39. The van der Waals surface area contributed by atoms with Crippen LogP contribution in [0.2, 0.25) is 0 Å². The molecule has 0 radical (unpaired) electrons. The molecule has 2 heterocycles. The van der Waals surface area contributed by atoms with Crippen LogP contribution in [0.4, 0.5) is 24.5 Å². The van der Waals surface area contributed by atoms with Gasteiger partial charge in [-0.1, -0.05) is 29.4 Å². The molecular formula is C19H14F3N5O3. The van der Waals surface area contributed by atoms with Gasteiger partial charge in [0, 0.05) is 32.2 Å². The maximum atomic E-state index is 12.6. The summed E-state index contributed by atoms with van der Waals surface area (Å²) in [6.07, 6.45) is -4.71. The summed E-state index contributed by atoms with van der Waals surface area (Å²) < 4.78 is 42.0. The zero-order valence-electron chi connectivity index (χ0n) is 15.6. The van der Waals surface area contributed by atoms with Crippen LogP contribution in [-0.4, -0.2) is 30.3 Å². The first-order valence-corrected chi connectivity index (χ1v) is 8.88. The highest BCUT2D eigenvalue weighted by Gasteiger charge is 2.38. The molecule has 1 aliphatic rings. The first kappa shape index (κ1) is 19.6. The summed E-state index contributed by atoms with van der Waals surface area (Å²) in [5.41, 5.74) is 0.611. The Kier molecular flexibility index (Phi) is 4.57. The molecule has 0 spiro atoms. The third kappa shape index (κ3) is 3.30. The smallest absolute Gasteiger partial charge is 0.365 e. The molecule has 0 amide bonds. The van der Waals surface area contributed by atoms with E-state index in [0.29, 0.717) is 36.6 Å². The number of hydrogen-bond donors (Lipinski definition) is 0. The highest BCUT2D eigenvalue weighted by atomic mass is 19.4. The Morgan fingerprint density at radius 3 is 2.47 bits per heavy atom. The number of benzene rings is 1. The lowest BCUT2D eigenvalue weighted by atomic mass is 9.98. The molecule has 0 saturated carbocycles. The van der Waals surface area contributed by atoms with Crippen molar-refractivity contribution < 1.29 is 17.7 Å². The summed E-state index contributed by atoms with van der Waals surface area (Å²) >= 11 is 0. The van der Waals surface area contributed by atoms with E-state index >= 15 is 0 Å². The van der Waals surface area contributed by atoms with E-state index in [1.54, 1.807) is 41.1 Å². The fraction of sp³-hybridized carbons (Fsp3) is 0.316. The van der Waals surface area contributed by atoms with Crippen LogP contribution in [0.3, 0.4) is 0 Å². The van der Waals surface area contributed by atoms with Crippen LogP contribution in [0, 0.1) is 17.2 Å². The zero-order chi connectivity index (χ0) is 21.6. The topological polar surface area (TPSA) is 103 Å². The van der Waals surface area contributed by atoms with Gasteiger partial charge in [-0.05, 0) is 5.56 Å². The highest BCUT2D eigenvalue weighted by Crippen LogP contribution is 2.31. The van der Waals surface area contributed by atoms with Gasteiger partial charge in [0.1, 0.15) is 11.4 Å². The molecule has 1 fully saturated rings. The molecule has 11 heteroatoms. The molecule has 4 rings (SSSR count). The second-order valence-corrected chi connectivity index (χ2v) is 7.06. The van der Waals surface area contributed by atoms with Crippen molar-refractivity contribution >= 4 is 11.4 Å². The summed E-state index contributed by atoms with van der Waals surface area (Å²) in [5.74, 6) is -1.75. The van der Waals surface area contributed by atoms with Gasteiger partial charge in [0.25, 0.3) is 10.9 Å². The number of halogens is 3. The van der Waals surface area contributed by atoms with Gasteiger partial charge in [0.05, 0.1) is 12.0 Å². The van der Waals surface area contributed by atoms with Crippen LogP contribution in [0.25, 0.3) is 11.4 Å². The van der Waals surface area contributed by atoms with Crippen molar-refractivity contribution in [2.75, 3.05) is 29.9 Å². The van der Waals surface area contributed by atoms with Crippen LogP contribution in [0.15, 0.2) is 38.4 Å². The Morgan fingerprint density at radius 1 is 1.23 bits per heavy atom. The van der Waals surface area contributed by atoms with E-state index in [9.17, 15) is 22.8 Å². The average molecular weight is 417 g/mol. The first-order valence-electron chi connectivity index (χ1n) is 8.88. The SMILES string of the molecule is CN(Cc1ccc(-c2noc(C(F)(F)F)n2)cc1)c1c(N2CC(C#N)C2)c(=O)c1=O. The molecule has 0 aliphatic carbocycles. The number of aromatic nitrogens is 2. The van der Waals surface area contributed by atoms with Crippen LogP contribution >= 0.6 is 0 Å². The summed E-state index contributed by atoms with van der Waals surface area (Å²) in [6, 6.07) is 8.54. The third-order valence-corrected chi connectivity index (χ3v) is 4.92. The molecule has 0 atom stereocenters. The Balaban J connectivity index is 1.48. The van der Waals surface area contributed by atoms with Crippen molar-refractivity contribution in [2.45, 2.75) is 12.7 Å². The monoisotopic (exact) mass is 417 g/mol. The number of anilines is 2.